The Hall–Kier alpha value is -2.34. The fourth-order valence-corrected chi connectivity index (χ4v) is 1.83. The molecule has 2 rings (SSSR count). The molecule has 7 heteroatoms. The molecule has 0 unspecified atom stereocenters. The SMILES string of the molecule is O=C(CCc1ccco1)Nc1ccc(Cl)c([N+](=O)[O-])c1. The lowest BCUT2D eigenvalue weighted by atomic mass is 10.2. The summed E-state index contributed by atoms with van der Waals surface area (Å²) in [6, 6.07) is 7.64. The van der Waals surface area contributed by atoms with Crippen LogP contribution in [0.2, 0.25) is 5.02 Å². The normalized spacial score (nSPS) is 10.2. The first-order chi connectivity index (χ1) is 9.56. The zero-order valence-electron chi connectivity index (χ0n) is 10.3. The Bertz CT molecular complexity index is 625. The molecule has 1 aromatic heterocycles. The van der Waals surface area contributed by atoms with Crippen molar-refractivity contribution in [3.63, 3.8) is 0 Å². The van der Waals surface area contributed by atoms with Crippen molar-refractivity contribution < 1.29 is 14.1 Å². The lowest BCUT2D eigenvalue weighted by Gasteiger charge is -2.05. The van der Waals surface area contributed by atoms with Gasteiger partial charge in [-0.15, -0.1) is 0 Å². The van der Waals surface area contributed by atoms with E-state index >= 15 is 0 Å². The number of nitrogens with zero attached hydrogens (tertiary/aromatic N) is 1. The van der Waals surface area contributed by atoms with E-state index in [0.717, 1.165) is 0 Å². The number of benzene rings is 1. The molecular formula is C13H11ClN2O4. The minimum Gasteiger partial charge on any atom is -0.469 e. The third-order valence-electron chi connectivity index (χ3n) is 2.61. The number of nitro groups is 1. The van der Waals surface area contributed by atoms with Crippen molar-refractivity contribution >= 4 is 28.9 Å². The molecule has 0 atom stereocenters. The van der Waals surface area contributed by atoms with E-state index in [2.05, 4.69) is 5.32 Å². The molecule has 0 saturated heterocycles. The number of amides is 1. The monoisotopic (exact) mass is 294 g/mol. The van der Waals surface area contributed by atoms with Gasteiger partial charge in [-0.1, -0.05) is 11.6 Å². The maximum Gasteiger partial charge on any atom is 0.289 e. The van der Waals surface area contributed by atoms with Gasteiger partial charge in [0.15, 0.2) is 0 Å². The predicted octanol–water partition coefficient (Wildman–Crippen LogP) is 3.41. The Kier molecular flexibility index (Phi) is 4.37. The summed E-state index contributed by atoms with van der Waals surface area (Å²) in [7, 11) is 0. The lowest BCUT2D eigenvalue weighted by Crippen LogP contribution is -2.12. The fraction of sp³-hybridized carbons (Fsp3) is 0.154. The van der Waals surface area contributed by atoms with E-state index in [4.69, 9.17) is 16.0 Å². The zero-order chi connectivity index (χ0) is 14.5. The second-order valence-corrected chi connectivity index (χ2v) is 4.46. The largest absolute Gasteiger partial charge is 0.469 e. The Morgan fingerprint density at radius 3 is 2.85 bits per heavy atom. The van der Waals surface area contributed by atoms with E-state index in [1.807, 2.05) is 0 Å². The summed E-state index contributed by atoms with van der Waals surface area (Å²) in [5.74, 6) is 0.459. The van der Waals surface area contributed by atoms with Gasteiger partial charge in [-0.25, -0.2) is 0 Å². The molecule has 1 amide bonds. The average Bonchev–Trinajstić information content (AvgIpc) is 2.91. The summed E-state index contributed by atoms with van der Waals surface area (Å²) < 4.78 is 5.11. The predicted molar refractivity (Wildman–Crippen MR) is 73.8 cm³/mol. The van der Waals surface area contributed by atoms with Gasteiger partial charge < -0.3 is 9.73 Å². The van der Waals surface area contributed by atoms with Gasteiger partial charge in [0, 0.05) is 24.6 Å². The molecule has 1 aromatic carbocycles. The second kappa shape index (κ2) is 6.21. The van der Waals surface area contributed by atoms with Gasteiger partial charge in [0.1, 0.15) is 10.8 Å². The number of furan rings is 1. The van der Waals surface area contributed by atoms with Crippen LogP contribution >= 0.6 is 11.6 Å². The van der Waals surface area contributed by atoms with Crippen molar-refractivity contribution in [1.29, 1.82) is 0 Å². The minimum atomic E-state index is -0.596. The third kappa shape index (κ3) is 3.58. The van der Waals surface area contributed by atoms with Gasteiger partial charge >= 0.3 is 0 Å². The number of rotatable bonds is 5. The van der Waals surface area contributed by atoms with Crippen molar-refractivity contribution in [1.82, 2.24) is 0 Å². The first-order valence-electron chi connectivity index (χ1n) is 5.82. The maximum atomic E-state index is 11.7. The Morgan fingerprint density at radius 1 is 1.40 bits per heavy atom. The summed E-state index contributed by atoms with van der Waals surface area (Å²) in [6.07, 6.45) is 2.23. The van der Waals surface area contributed by atoms with Crippen LogP contribution in [0.1, 0.15) is 12.2 Å². The van der Waals surface area contributed by atoms with Crippen molar-refractivity contribution in [2.24, 2.45) is 0 Å². The molecule has 2 aromatic rings. The number of hydrogen-bond acceptors (Lipinski definition) is 4. The molecule has 0 spiro atoms. The molecule has 0 bridgehead atoms. The number of nitro benzene ring substituents is 1. The number of carbonyl (C=O) groups is 1. The lowest BCUT2D eigenvalue weighted by molar-refractivity contribution is -0.384. The van der Waals surface area contributed by atoms with Crippen LogP contribution < -0.4 is 5.32 Å². The smallest absolute Gasteiger partial charge is 0.289 e. The summed E-state index contributed by atoms with van der Waals surface area (Å²) >= 11 is 5.69. The van der Waals surface area contributed by atoms with E-state index in [-0.39, 0.29) is 23.0 Å². The quantitative estimate of drug-likeness (QED) is 0.676. The molecule has 1 heterocycles. The maximum absolute atomic E-state index is 11.7. The standard InChI is InChI=1S/C13H11ClN2O4/c14-11-5-3-9(8-12(11)16(18)19)15-13(17)6-4-10-2-1-7-20-10/h1-3,5,7-8H,4,6H2,(H,15,17). The molecule has 1 N–H and O–H groups in total. The number of aryl methyl sites for hydroxylation is 1. The molecule has 0 saturated carbocycles. The van der Waals surface area contributed by atoms with Crippen LogP contribution in [0.4, 0.5) is 11.4 Å². The Morgan fingerprint density at radius 2 is 2.20 bits per heavy atom. The molecule has 0 aliphatic carbocycles. The molecule has 6 nitrogen and oxygen atoms in total. The second-order valence-electron chi connectivity index (χ2n) is 4.05. The van der Waals surface area contributed by atoms with Crippen LogP contribution in [0.5, 0.6) is 0 Å². The number of halogens is 1. The third-order valence-corrected chi connectivity index (χ3v) is 2.92. The van der Waals surface area contributed by atoms with Crippen LogP contribution in [-0.4, -0.2) is 10.8 Å². The van der Waals surface area contributed by atoms with Gasteiger partial charge in [0.2, 0.25) is 5.91 Å². The van der Waals surface area contributed by atoms with E-state index in [0.29, 0.717) is 17.9 Å². The van der Waals surface area contributed by atoms with Gasteiger partial charge in [-0.05, 0) is 24.3 Å². The molecule has 104 valence electrons. The highest BCUT2D eigenvalue weighted by atomic mass is 35.5. The fourth-order valence-electron chi connectivity index (χ4n) is 1.65. The van der Waals surface area contributed by atoms with Crippen LogP contribution in [-0.2, 0) is 11.2 Å². The summed E-state index contributed by atoms with van der Waals surface area (Å²) in [4.78, 5) is 21.9. The van der Waals surface area contributed by atoms with Crippen molar-refractivity contribution in [3.05, 3.63) is 57.5 Å². The summed E-state index contributed by atoms with van der Waals surface area (Å²) in [5, 5.41) is 13.4. The average molecular weight is 295 g/mol. The highest BCUT2D eigenvalue weighted by Gasteiger charge is 2.14. The van der Waals surface area contributed by atoms with Crippen molar-refractivity contribution in [3.8, 4) is 0 Å². The van der Waals surface area contributed by atoms with Gasteiger partial charge in [-0.3, -0.25) is 14.9 Å². The van der Waals surface area contributed by atoms with Crippen LogP contribution in [0, 0.1) is 10.1 Å². The summed E-state index contributed by atoms with van der Waals surface area (Å²) in [5.41, 5.74) is 0.0982. The molecule has 0 aliphatic rings. The van der Waals surface area contributed by atoms with Crippen LogP contribution in [0.15, 0.2) is 41.0 Å². The van der Waals surface area contributed by atoms with Crippen molar-refractivity contribution in [2.45, 2.75) is 12.8 Å². The van der Waals surface area contributed by atoms with Gasteiger partial charge in [0.25, 0.3) is 5.69 Å². The number of anilines is 1. The first-order valence-corrected chi connectivity index (χ1v) is 6.20. The van der Waals surface area contributed by atoms with Crippen molar-refractivity contribution in [2.75, 3.05) is 5.32 Å². The van der Waals surface area contributed by atoms with E-state index in [1.54, 1.807) is 12.1 Å². The van der Waals surface area contributed by atoms with Crippen LogP contribution in [0.25, 0.3) is 0 Å². The van der Waals surface area contributed by atoms with Gasteiger partial charge in [0.05, 0.1) is 11.2 Å². The van der Waals surface area contributed by atoms with E-state index in [9.17, 15) is 14.9 Å². The first kappa shape index (κ1) is 14.1. The molecule has 0 aliphatic heterocycles. The molecule has 20 heavy (non-hydrogen) atoms. The number of carbonyl (C=O) groups excluding carboxylic acids is 1. The highest BCUT2D eigenvalue weighted by Crippen LogP contribution is 2.27. The number of hydrogen-bond donors (Lipinski definition) is 1. The highest BCUT2D eigenvalue weighted by molar-refractivity contribution is 6.32. The van der Waals surface area contributed by atoms with E-state index < -0.39 is 4.92 Å². The van der Waals surface area contributed by atoms with Crippen LogP contribution in [0.3, 0.4) is 0 Å². The topological polar surface area (TPSA) is 85.4 Å². The molecule has 0 radical (unpaired) electrons. The number of nitrogens with one attached hydrogen (secondary N) is 1. The molecular weight excluding hydrogens is 284 g/mol. The molecule has 0 fully saturated rings. The zero-order valence-corrected chi connectivity index (χ0v) is 11.1. The Balaban J connectivity index is 1.97. The Labute approximate surface area is 119 Å². The minimum absolute atomic E-state index is 0.0311. The summed E-state index contributed by atoms with van der Waals surface area (Å²) in [6.45, 7) is 0. The van der Waals surface area contributed by atoms with Gasteiger partial charge in [-0.2, -0.15) is 0 Å². The van der Waals surface area contributed by atoms with E-state index in [1.165, 1.54) is 24.5 Å².